The molecular weight excluding hydrogens is 240 g/mol. The van der Waals surface area contributed by atoms with Crippen molar-refractivity contribution in [1.29, 1.82) is 0 Å². The lowest BCUT2D eigenvalue weighted by Gasteiger charge is -2.09. The monoisotopic (exact) mass is 264 g/mol. The lowest BCUT2D eigenvalue weighted by Crippen LogP contribution is -2.10. The predicted octanol–water partition coefficient (Wildman–Crippen LogP) is 4.16. The molecule has 1 aliphatic rings. The van der Waals surface area contributed by atoms with Gasteiger partial charge in [-0.15, -0.1) is 12.3 Å². The molecule has 0 spiro atoms. The average molecular weight is 264 g/mol. The lowest BCUT2D eigenvalue weighted by atomic mass is 9.98. The summed E-state index contributed by atoms with van der Waals surface area (Å²) in [6.07, 6.45) is 15.9. The van der Waals surface area contributed by atoms with E-state index in [-0.39, 0.29) is 5.66 Å². The van der Waals surface area contributed by atoms with Gasteiger partial charge in [0.05, 0.1) is 0 Å². The van der Waals surface area contributed by atoms with Crippen molar-refractivity contribution in [3.63, 3.8) is 0 Å². The first kappa shape index (κ1) is 15.7. The molecule has 0 saturated carbocycles. The smallest absolute Gasteiger partial charge is 0.303 e. The zero-order valence-electron chi connectivity index (χ0n) is 11.6. The number of nitrogens with zero attached hydrogens (tertiary/aromatic N) is 2. The van der Waals surface area contributed by atoms with E-state index in [0.29, 0.717) is 6.42 Å². The number of carboxylic acid groups (broad SMARTS) is 1. The van der Waals surface area contributed by atoms with Gasteiger partial charge in [0.25, 0.3) is 0 Å². The van der Waals surface area contributed by atoms with E-state index < -0.39 is 5.97 Å². The second-order valence-corrected chi connectivity index (χ2v) is 5.26. The van der Waals surface area contributed by atoms with E-state index >= 15 is 0 Å². The molecule has 1 heterocycles. The summed E-state index contributed by atoms with van der Waals surface area (Å²) in [6.45, 7) is 0. The van der Waals surface area contributed by atoms with Gasteiger partial charge >= 0.3 is 5.97 Å². The number of carbonyl (C=O) groups is 1. The third kappa shape index (κ3) is 7.61. The van der Waals surface area contributed by atoms with Crippen LogP contribution in [0.4, 0.5) is 0 Å². The summed E-state index contributed by atoms with van der Waals surface area (Å²) >= 11 is 0. The average Bonchev–Trinajstić information content (AvgIpc) is 3.13. The largest absolute Gasteiger partial charge is 0.481 e. The summed E-state index contributed by atoms with van der Waals surface area (Å²) in [5.74, 6) is 1.96. The number of rotatable bonds is 12. The molecule has 0 aromatic carbocycles. The minimum absolute atomic E-state index is 0.0832. The normalized spacial score (nSPS) is 15.1. The fraction of sp³-hybridized carbons (Fsp3) is 0.800. The summed E-state index contributed by atoms with van der Waals surface area (Å²) in [5.41, 5.74) is -0.0832. The Morgan fingerprint density at radius 3 is 2.16 bits per heavy atom. The predicted molar refractivity (Wildman–Crippen MR) is 74.8 cm³/mol. The molecule has 0 fully saturated rings. The highest BCUT2D eigenvalue weighted by Crippen LogP contribution is 2.38. The van der Waals surface area contributed by atoms with Crippen LogP contribution < -0.4 is 0 Å². The maximum absolute atomic E-state index is 10.3. The van der Waals surface area contributed by atoms with Crippen LogP contribution in [0.25, 0.3) is 0 Å². The van der Waals surface area contributed by atoms with Gasteiger partial charge in [-0.1, -0.05) is 25.7 Å². The van der Waals surface area contributed by atoms with E-state index in [0.717, 1.165) is 51.4 Å². The maximum atomic E-state index is 10.3. The van der Waals surface area contributed by atoms with Crippen LogP contribution >= 0.6 is 0 Å². The van der Waals surface area contributed by atoms with Crippen molar-refractivity contribution in [2.75, 3.05) is 0 Å². The molecule has 0 amide bonds. The second-order valence-electron chi connectivity index (χ2n) is 5.26. The fourth-order valence-corrected chi connectivity index (χ4v) is 2.26. The molecule has 0 saturated heterocycles. The maximum Gasteiger partial charge on any atom is 0.303 e. The Labute approximate surface area is 115 Å². The molecule has 0 unspecified atom stereocenters. The van der Waals surface area contributed by atoms with Crippen LogP contribution in [0.2, 0.25) is 0 Å². The standard InChI is InChI=1S/C15H24N2O2/c1-2-3-9-12-15(16-17-15)13-10-7-5-4-6-8-11-14(18)19/h1H,3-13H2,(H,18,19). The summed E-state index contributed by atoms with van der Waals surface area (Å²) in [7, 11) is 0. The zero-order chi connectivity index (χ0) is 14.0. The second kappa shape index (κ2) is 8.68. The first-order chi connectivity index (χ1) is 9.18. The first-order valence-corrected chi connectivity index (χ1v) is 7.28. The Hall–Kier alpha value is -1.37. The molecule has 1 aliphatic heterocycles. The fourth-order valence-electron chi connectivity index (χ4n) is 2.26. The molecule has 19 heavy (non-hydrogen) atoms. The Kier molecular flexibility index (Phi) is 7.17. The molecule has 1 N–H and O–H groups in total. The Morgan fingerprint density at radius 2 is 1.58 bits per heavy atom. The minimum atomic E-state index is -0.689. The topological polar surface area (TPSA) is 62.0 Å². The molecule has 0 aliphatic carbocycles. The minimum Gasteiger partial charge on any atom is -0.481 e. The van der Waals surface area contributed by atoms with Crippen LogP contribution in [0.15, 0.2) is 10.2 Å². The number of terminal acetylenes is 1. The van der Waals surface area contributed by atoms with Crippen molar-refractivity contribution in [2.45, 2.75) is 76.3 Å². The van der Waals surface area contributed by atoms with Crippen LogP contribution in [-0.4, -0.2) is 16.7 Å². The molecular formula is C15H24N2O2. The van der Waals surface area contributed by atoms with Crippen LogP contribution in [0.5, 0.6) is 0 Å². The highest BCUT2D eigenvalue weighted by atomic mass is 16.4. The Bertz CT molecular complexity index is 339. The molecule has 106 valence electrons. The zero-order valence-corrected chi connectivity index (χ0v) is 11.6. The Morgan fingerprint density at radius 1 is 1.00 bits per heavy atom. The van der Waals surface area contributed by atoms with Crippen molar-refractivity contribution in [1.82, 2.24) is 0 Å². The van der Waals surface area contributed by atoms with Crippen molar-refractivity contribution in [3.8, 4) is 12.3 Å². The third-order valence-corrected chi connectivity index (χ3v) is 3.50. The van der Waals surface area contributed by atoms with Crippen LogP contribution in [0.3, 0.4) is 0 Å². The molecule has 0 aromatic rings. The van der Waals surface area contributed by atoms with Crippen molar-refractivity contribution < 1.29 is 9.90 Å². The summed E-state index contributed by atoms with van der Waals surface area (Å²) < 4.78 is 0. The first-order valence-electron chi connectivity index (χ1n) is 7.28. The summed E-state index contributed by atoms with van der Waals surface area (Å²) in [5, 5.41) is 16.8. The summed E-state index contributed by atoms with van der Waals surface area (Å²) in [4.78, 5) is 10.3. The molecule has 4 nitrogen and oxygen atoms in total. The van der Waals surface area contributed by atoms with Gasteiger partial charge in [0.2, 0.25) is 0 Å². The van der Waals surface area contributed by atoms with E-state index in [4.69, 9.17) is 11.5 Å². The number of carboxylic acids is 1. The van der Waals surface area contributed by atoms with Gasteiger partial charge < -0.3 is 5.11 Å². The van der Waals surface area contributed by atoms with Gasteiger partial charge in [0, 0.05) is 12.8 Å². The van der Waals surface area contributed by atoms with Gasteiger partial charge in [-0.3, -0.25) is 4.79 Å². The van der Waals surface area contributed by atoms with Crippen molar-refractivity contribution >= 4 is 5.97 Å². The molecule has 0 bridgehead atoms. The highest BCUT2D eigenvalue weighted by Gasteiger charge is 2.38. The van der Waals surface area contributed by atoms with Crippen molar-refractivity contribution in [3.05, 3.63) is 0 Å². The lowest BCUT2D eigenvalue weighted by molar-refractivity contribution is -0.137. The van der Waals surface area contributed by atoms with Gasteiger partial charge in [-0.05, 0) is 32.1 Å². The number of unbranched alkanes of at least 4 members (excludes halogenated alkanes) is 6. The van der Waals surface area contributed by atoms with E-state index in [1.807, 2.05) is 0 Å². The molecule has 0 radical (unpaired) electrons. The molecule has 1 rings (SSSR count). The highest BCUT2D eigenvalue weighted by molar-refractivity contribution is 5.66. The third-order valence-electron chi connectivity index (χ3n) is 3.50. The molecule has 0 atom stereocenters. The number of hydrogen-bond donors (Lipinski definition) is 1. The quantitative estimate of drug-likeness (QED) is 0.425. The molecule has 4 heteroatoms. The van der Waals surface area contributed by atoms with E-state index in [1.54, 1.807) is 0 Å². The summed E-state index contributed by atoms with van der Waals surface area (Å²) in [6, 6.07) is 0. The Balaban J connectivity index is 1.88. The molecule has 0 aromatic heterocycles. The van der Waals surface area contributed by atoms with E-state index in [9.17, 15) is 4.79 Å². The van der Waals surface area contributed by atoms with Gasteiger partial charge in [0.1, 0.15) is 0 Å². The van der Waals surface area contributed by atoms with Gasteiger partial charge in [-0.25, -0.2) is 0 Å². The van der Waals surface area contributed by atoms with Gasteiger partial charge in [-0.2, -0.15) is 10.2 Å². The van der Waals surface area contributed by atoms with Crippen LogP contribution in [-0.2, 0) is 4.79 Å². The van der Waals surface area contributed by atoms with E-state index in [1.165, 1.54) is 12.8 Å². The van der Waals surface area contributed by atoms with Gasteiger partial charge in [0.15, 0.2) is 5.66 Å². The van der Waals surface area contributed by atoms with Crippen molar-refractivity contribution in [2.24, 2.45) is 10.2 Å². The SMILES string of the molecule is C#CCCCC1(CCCCCCCCC(=O)O)N=N1. The number of hydrogen-bond acceptors (Lipinski definition) is 3. The van der Waals surface area contributed by atoms with E-state index in [2.05, 4.69) is 16.1 Å². The van der Waals surface area contributed by atoms with Crippen LogP contribution in [0.1, 0.15) is 70.6 Å². The van der Waals surface area contributed by atoms with Crippen LogP contribution in [0, 0.1) is 12.3 Å². The number of aliphatic carboxylic acids is 1.